The summed E-state index contributed by atoms with van der Waals surface area (Å²) >= 11 is 0. The van der Waals surface area contributed by atoms with Crippen molar-refractivity contribution in [3.63, 3.8) is 0 Å². The average molecular weight is 444 g/mol. The quantitative estimate of drug-likeness (QED) is 0.287. The van der Waals surface area contributed by atoms with Gasteiger partial charge in [0.2, 0.25) is 5.91 Å². The van der Waals surface area contributed by atoms with Crippen molar-refractivity contribution in [2.45, 2.75) is 103 Å². The minimum Gasteiger partial charge on any atom is -0.356 e. The van der Waals surface area contributed by atoms with Gasteiger partial charge in [-0.15, -0.1) is 0 Å². The number of amides is 1. The highest BCUT2D eigenvalue weighted by atomic mass is 16.2. The van der Waals surface area contributed by atoms with Crippen molar-refractivity contribution in [1.29, 1.82) is 0 Å². The number of carbonyl (C=O) groups excluding carboxylic acids is 1. The largest absolute Gasteiger partial charge is 0.356 e. The molecule has 1 aliphatic heterocycles. The molecule has 1 heterocycles. The van der Waals surface area contributed by atoms with Gasteiger partial charge < -0.3 is 10.6 Å². The van der Waals surface area contributed by atoms with E-state index < -0.39 is 0 Å². The normalized spacial score (nSPS) is 19.4. The summed E-state index contributed by atoms with van der Waals surface area (Å²) < 4.78 is 0. The van der Waals surface area contributed by atoms with Gasteiger partial charge in [-0.2, -0.15) is 0 Å². The van der Waals surface area contributed by atoms with Crippen LogP contribution in [0.3, 0.4) is 0 Å². The van der Waals surface area contributed by atoms with Gasteiger partial charge in [0.05, 0.1) is 5.92 Å². The third-order valence-corrected chi connectivity index (χ3v) is 7.26. The molecule has 0 aromatic heterocycles. The number of hydrogen-bond acceptors (Lipinski definition) is 3. The van der Waals surface area contributed by atoms with Gasteiger partial charge >= 0.3 is 0 Å². The van der Waals surface area contributed by atoms with Gasteiger partial charge in [-0.05, 0) is 26.0 Å². The smallest absolute Gasteiger partial charge is 0.226 e. The molecule has 0 bridgehead atoms. The predicted octanol–water partition coefficient (Wildman–Crippen LogP) is 6.08. The lowest BCUT2D eigenvalue weighted by Gasteiger charge is -2.33. The van der Waals surface area contributed by atoms with Gasteiger partial charge in [0.15, 0.2) is 0 Å². The molecule has 0 aliphatic carbocycles. The Hall–Kier alpha value is -1.39. The fourth-order valence-corrected chi connectivity index (χ4v) is 4.92. The van der Waals surface area contributed by atoms with E-state index in [1.165, 1.54) is 76.2 Å². The molecule has 0 radical (unpaired) electrons. The topological polar surface area (TPSA) is 44.4 Å². The van der Waals surface area contributed by atoms with Crippen LogP contribution in [-0.4, -0.2) is 43.5 Å². The van der Waals surface area contributed by atoms with Crippen LogP contribution in [-0.2, 0) is 4.79 Å². The summed E-state index contributed by atoms with van der Waals surface area (Å²) in [4.78, 5) is 15.2. The summed E-state index contributed by atoms with van der Waals surface area (Å²) in [6.07, 6.45) is 16.2. The van der Waals surface area contributed by atoms with Gasteiger partial charge in [0, 0.05) is 31.7 Å². The van der Waals surface area contributed by atoms with Crippen LogP contribution >= 0.6 is 0 Å². The van der Waals surface area contributed by atoms with Gasteiger partial charge in [0.25, 0.3) is 0 Å². The number of carbonyl (C=O) groups is 1. The maximum atomic E-state index is 12.8. The van der Waals surface area contributed by atoms with Crippen LogP contribution in [0.5, 0.6) is 0 Å². The fourth-order valence-electron chi connectivity index (χ4n) is 4.92. The molecule has 2 rings (SSSR count). The van der Waals surface area contributed by atoms with E-state index in [4.69, 9.17) is 0 Å². The number of rotatable bonds is 17. The van der Waals surface area contributed by atoms with Crippen LogP contribution in [0.1, 0.15) is 103 Å². The lowest BCUT2D eigenvalue weighted by molar-refractivity contribution is -0.126. The van der Waals surface area contributed by atoms with Gasteiger partial charge in [-0.1, -0.05) is 108 Å². The molecule has 1 fully saturated rings. The molecule has 0 spiro atoms. The van der Waals surface area contributed by atoms with Crippen LogP contribution in [0.25, 0.3) is 0 Å². The molecule has 182 valence electrons. The number of hydrogen-bond donors (Lipinski definition) is 2. The van der Waals surface area contributed by atoms with E-state index >= 15 is 0 Å². The van der Waals surface area contributed by atoms with E-state index in [9.17, 15) is 4.79 Å². The maximum absolute atomic E-state index is 12.8. The fraction of sp³-hybridized carbons (Fsp3) is 0.750. The van der Waals surface area contributed by atoms with Crippen LogP contribution in [0.15, 0.2) is 30.3 Å². The third-order valence-electron chi connectivity index (χ3n) is 7.26. The summed E-state index contributed by atoms with van der Waals surface area (Å²) in [5, 5.41) is 6.66. The molecule has 1 amide bonds. The summed E-state index contributed by atoms with van der Waals surface area (Å²) in [5.41, 5.74) is 1.30. The van der Waals surface area contributed by atoms with Crippen LogP contribution in [0, 0.1) is 5.92 Å². The first-order valence-electron chi connectivity index (χ1n) is 13.4. The first-order valence-corrected chi connectivity index (χ1v) is 13.4. The molecule has 32 heavy (non-hydrogen) atoms. The minimum absolute atomic E-state index is 0.0310. The van der Waals surface area contributed by atoms with E-state index in [-0.39, 0.29) is 17.9 Å². The van der Waals surface area contributed by atoms with E-state index in [0.717, 1.165) is 26.1 Å². The summed E-state index contributed by atoms with van der Waals surface area (Å²) in [6, 6.07) is 11.1. The highest BCUT2D eigenvalue weighted by molar-refractivity contribution is 5.80. The highest BCUT2D eigenvalue weighted by Crippen LogP contribution is 2.25. The van der Waals surface area contributed by atoms with Gasteiger partial charge in [-0.3, -0.25) is 9.69 Å². The summed E-state index contributed by atoms with van der Waals surface area (Å²) in [7, 11) is 2.15. The van der Waals surface area contributed by atoms with Crippen molar-refractivity contribution in [2.24, 2.45) is 5.92 Å². The lowest BCUT2D eigenvalue weighted by Crippen LogP contribution is -2.45. The second-order valence-electron chi connectivity index (χ2n) is 9.76. The van der Waals surface area contributed by atoms with Crippen molar-refractivity contribution in [1.82, 2.24) is 15.5 Å². The van der Waals surface area contributed by atoms with E-state index in [1.807, 2.05) is 0 Å². The van der Waals surface area contributed by atoms with Crippen molar-refractivity contribution < 1.29 is 4.79 Å². The van der Waals surface area contributed by atoms with Gasteiger partial charge in [0.1, 0.15) is 0 Å². The second-order valence-corrected chi connectivity index (χ2v) is 9.76. The average Bonchev–Trinajstić information content (AvgIpc) is 3.31. The van der Waals surface area contributed by atoms with Crippen LogP contribution in [0.2, 0.25) is 0 Å². The van der Waals surface area contributed by atoms with Crippen molar-refractivity contribution >= 4 is 5.91 Å². The van der Waals surface area contributed by atoms with Crippen molar-refractivity contribution in [3.05, 3.63) is 35.9 Å². The zero-order valence-electron chi connectivity index (χ0n) is 21.1. The number of unbranched alkanes of at least 4 members (excludes halogenated alkanes) is 11. The van der Waals surface area contributed by atoms with Crippen LogP contribution < -0.4 is 10.6 Å². The molecule has 1 aromatic carbocycles. The Bertz CT molecular complexity index is 606. The lowest BCUT2D eigenvalue weighted by atomic mass is 9.98. The Kier molecular flexibility index (Phi) is 13.6. The Labute approximate surface area is 197 Å². The number of benzene rings is 1. The van der Waals surface area contributed by atoms with E-state index in [2.05, 4.69) is 66.8 Å². The first kappa shape index (κ1) is 26.9. The Morgan fingerprint density at radius 3 is 2.09 bits per heavy atom. The zero-order chi connectivity index (χ0) is 23.0. The number of nitrogens with one attached hydrogen (secondary N) is 2. The van der Waals surface area contributed by atoms with Crippen molar-refractivity contribution in [3.8, 4) is 0 Å². The molecule has 1 aromatic rings. The van der Waals surface area contributed by atoms with Gasteiger partial charge in [-0.25, -0.2) is 0 Å². The first-order chi connectivity index (χ1) is 15.6. The standard InChI is InChI=1S/C28H49N3O/c1-4-5-6-7-8-9-10-11-12-13-14-18-21-30-28(32)26-22-29-23-27(26)31(3)24(2)25-19-16-15-17-20-25/h15-17,19-20,24,26-27,29H,4-14,18,21-23H2,1-3H3,(H,30,32)/t24-,26-,27-/m1/s1. The molecule has 3 atom stereocenters. The Morgan fingerprint density at radius 1 is 0.938 bits per heavy atom. The SMILES string of the molecule is CCCCCCCCCCCCCCNC(=O)[C@@H]1CNC[C@H]1N(C)[C@H](C)c1ccccc1. The minimum atomic E-state index is 0.0310. The van der Waals surface area contributed by atoms with Crippen LogP contribution in [0.4, 0.5) is 0 Å². The molecule has 4 nitrogen and oxygen atoms in total. The molecule has 0 saturated carbocycles. The Balaban J connectivity index is 1.55. The number of nitrogens with zero attached hydrogens (tertiary/aromatic N) is 1. The molecule has 4 heteroatoms. The number of likely N-dealkylation sites (N-methyl/N-ethyl adjacent to an activating group) is 1. The maximum Gasteiger partial charge on any atom is 0.226 e. The third kappa shape index (κ3) is 9.62. The summed E-state index contributed by atoms with van der Waals surface area (Å²) in [5.74, 6) is 0.249. The predicted molar refractivity (Wildman–Crippen MR) is 137 cm³/mol. The highest BCUT2D eigenvalue weighted by Gasteiger charge is 2.36. The molecule has 0 unspecified atom stereocenters. The van der Waals surface area contributed by atoms with Crippen molar-refractivity contribution in [2.75, 3.05) is 26.7 Å². The van der Waals surface area contributed by atoms with E-state index in [0.29, 0.717) is 6.04 Å². The molecule has 1 saturated heterocycles. The summed E-state index contributed by atoms with van der Waals surface area (Å²) in [6.45, 7) is 6.98. The zero-order valence-corrected chi connectivity index (χ0v) is 21.1. The second kappa shape index (κ2) is 16.3. The van der Waals surface area contributed by atoms with E-state index in [1.54, 1.807) is 0 Å². The Morgan fingerprint density at radius 2 is 1.50 bits per heavy atom. The molecule has 2 N–H and O–H groups in total. The molecular formula is C28H49N3O. The monoisotopic (exact) mass is 443 g/mol. The molecular weight excluding hydrogens is 394 g/mol. The molecule has 1 aliphatic rings.